The Bertz CT molecular complexity index is 821. The van der Waals surface area contributed by atoms with Crippen LogP contribution in [0.4, 0.5) is 5.95 Å². The summed E-state index contributed by atoms with van der Waals surface area (Å²) in [5, 5.41) is 12.3. The van der Waals surface area contributed by atoms with Crippen molar-refractivity contribution < 1.29 is 0 Å². The van der Waals surface area contributed by atoms with Crippen LogP contribution in [0.3, 0.4) is 0 Å². The molecule has 0 aliphatic rings. The highest BCUT2D eigenvalue weighted by Crippen LogP contribution is 2.22. The molecular formula is C19H27N5O. The number of anilines is 1. The number of hydrogen-bond donors (Lipinski definition) is 2. The monoisotopic (exact) mass is 341 g/mol. The molecule has 0 fully saturated rings. The average Bonchev–Trinajstić information content (AvgIpc) is 2.50. The van der Waals surface area contributed by atoms with Crippen LogP contribution in [0.1, 0.15) is 65.3 Å². The third-order valence-electron chi connectivity index (χ3n) is 3.91. The summed E-state index contributed by atoms with van der Waals surface area (Å²) in [4.78, 5) is 14.8. The lowest BCUT2D eigenvalue weighted by atomic mass is 9.86. The fraction of sp³-hybridized carbons (Fsp3) is 0.474. The number of rotatable bonds is 3. The molecule has 1 aromatic carbocycles. The highest BCUT2D eigenvalue weighted by atomic mass is 16.1. The van der Waals surface area contributed by atoms with Crippen LogP contribution in [-0.2, 0) is 10.8 Å². The van der Waals surface area contributed by atoms with Crippen LogP contribution < -0.4 is 11.0 Å². The van der Waals surface area contributed by atoms with Gasteiger partial charge in [0, 0.05) is 5.41 Å². The third kappa shape index (κ3) is 4.75. The molecule has 0 spiro atoms. The topological polar surface area (TPSA) is 83.0 Å². The van der Waals surface area contributed by atoms with Gasteiger partial charge in [-0.3, -0.25) is 9.78 Å². The Morgan fingerprint density at radius 2 is 1.60 bits per heavy atom. The van der Waals surface area contributed by atoms with E-state index in [9.17, 15) is 4.79 Å². The average molecular weight is 341 g/mol. The van der Waals surface area contributed by atoms with E-state index in [-0.39, 0.29) is 22.3 Å². The largest absolute Gasteiger partial charge is 0.288 e. The molecule has 2 aromatic rings. The van der Waals surface area contributed by atoms with Gasteiger partial charge in [-0.05, 0) is 23.5 Å². The second-order valence-electron chi connectivity index (χ2n) is 8.24. The summed E-state index contributed by atoms with van der Waals surface area (Å²) < 4.78 is 0. The van der Waals surface area contributed by atoms with Gasteiger partial charge in [0.2, 0.25) is 5.95 Å². The number of hydrogen-bond acceptors (Lipinski definition) is 5. The zero-order valence-electron chi connectivity index (χ0n) is 16.1. The minimum absolute atomic E-state index is 0.117. The van der Waals surface area contributed by atoms with Gasteiger partial charge in [0.25, 0.3) is 5.56 Å². The molecule has 134 valence electrons. The van der Waals surface area contributed by atoms with Crippen molar-refractivity contribution >= 4 is 11.7 Å². The first kappa shape index (κ1) is 18.8. The maximum Gasteiger partial charge on any atom is 0.274 e. The van der Waals surface area contributed by atoms with Crippen molar-refractivity contribution in [2.75, 3.05) is 5.43 Å². The van der Waals surface area contributed by atoms with Gasteiger partial charge in [-0.25, -0.2) is 5.43 Å². The molecule has 0 atom stereocenters. The molecule has 0 unspecified atom stereocenters. The first-order chi connectivity index (χ1) is 11.5. The molecule has 2 N–H and O–H groups in total. The van der Waals surface area contributed by atoms with Gasteiger partial charge in [-0.1, -0.05) is 65.8 Å². The van der Waals surface area contributed by atoms with E-state index in [0.717, 1.165) is 11.3 Å². The van der Waals surface area contributed by atoms with E-state index in [2.05, 4.69) is 58.6 Å². The molecule has 0 amide bonds. The third-order valence-corrected chi connectivity index (χ3v) is 3.91. The minimum atomic E-state index is -0.354. The maximum absolute atomic E-state index is 12.1. The van der Waals surface area contributed by atoms with Gasteiger partial charge < -0.3 is 0 Å². The highest BCUT2D eigenvalue weighted by Gasteiger charge is 2.20. The van der Waals surface area contributed by atoms with Crippen molar-refractivity contribution in [3.05, 3.63) is 51.4 Å². The zero-order chi connectivity index (χ0) is 18.8. The Balaban J connectivity index is 2.16. The molecule has 6 heteroatoms. The second kappa shape index (κ2) is 6.78. The first-order valence-corrected chi connectivity index (χ1v) is 8.37. The molecule has 2 rings (SSSR count). The van der Waals surface area contributed by atoms with Crippen molar-refractivity contribution in [2.45, 2.75) is 59.3 Å². The van der Waals surface area contributed by atoms with Gasteiger partial charge >= 0.3 is 0 Å². The fourth-order valence-electron chi connectivity index (χ4n) is 2.29. The Kier molecular flexibility index (Phi) is 5.11. The summed E-state index contributed by atoms with van der Waals surface area (Å²) in [7, 11) is 0. The lowest BCUT2D eigenvalue weighted by Gasteiger charge is -2.19. The highest BCUT2D eigenvalue weighted by molar-refractivity contribution is 5.99. The van der Waals surface area contributed by atoms with Crippen molar-refractivity contribution in [1.82, 2.24) is 15.2 Å². The van der Waals surface area contributed by atoms with Crippen LogP contribution in [0.5, 0.6) is 0 Å². The molecule has 0 bridgehead atoms. The fourth-order valence-corrected chi connectivity index (χ4v) is 2.29. The molecule has 0 aliphatic carbocycles. The van der Waals surface area contributed by atoms with Gasteiger partial charge in [0.1, 0.15) is 5.69 Å². The molecule has 1 heterocycles. The van der Waals surface area contributed by atoms with Gasteiger partial charge in [0.05, 0.1) is 5.71 Å². The SMILES string of the molecule is CC(=NNc1nnc(C(C)(C)C)c(=O)[nH]1)c1ccc(C(C)(C)C)cc1. The minimum Gasteiger partial charge on any atom is -0.288 e. The smallest absolute Gasteiger partial charge is 0.274 e. The van der Waals surface area contributed by atoms with Crippen LogP contribution in [-0.4, -0.2) is 20.9 Å². The summed E-state index contributed by atoms with van der Waals surface area (Å²) in [6.07, 6.45) is 0. The summed E-state index contributed by atoms with van der Waals surface area (Å²) in [5.74, 6) is 0.226. The van der Waals surface area contributed by atoms with Crippen molar-refractivity contribution in [1.29, 1.82) is 0 Å². The number of nitrogens with one attached hydrogen (secondary N) is 2. The summed E-state index contributed by atoms with van der Waals surface area (Å²) in [6.45, 7) is 14.2. The predicted octanol–water partition coefficient (Wildman–Crippen LogP) is 3.60. The van der Waals surface area contributed by atoms with Gasteiger partial charge in [0.15, 0.2) is 0 Å². The van der Waals surface area contributed by atoms with Crippen LogP contribution in [0, 0.1) is 0 Å². The van der Waals surface area contributed by atoms with Crippen LogP contribution in [0.25, 0.3) is 0 Å². The Hall–Kier alpha value is -2.50. The molecule has 0 saturated heterocycles. The molecular weight excluding hydrogens is 314 g/mol. The number of H-pyrrole nitrogens is 1. The number of hydrazone groups is 1. The Morgan fingerprint density at radius 3 is 2.08 bits per heavy atom. The Morgan fingerprint density at radius 1 is 1.00 bits per heavy atom. The molecule has 25 heavy (non-hydrogen) atoms. The normalized spacial score (nSPS) is 13.0. The summed E-state index contributed by atoms with van der Waals surface area (Å²) >= 11 is 0. The summed E-state index contributed by atoms with van der Waals surface area (Å²) in [6, 6.07) is 8.29. The van der Waals surface area contributed by atoms with Crippen molar-refractivity contribution in [3.63, 3.8) is 0 Å². The second-order valence-corrected chi connectivity index (χ2v) is 8.24. The zero-order valence-corrected chi connectivity index (χ0v) is 16.1. The van der Waals surface area contributed by atoms with E-state index >= 15 is 0 Å². The molecule has 0 aliphatic heterocycles. The lowest BCUT2D eigenvalue weighted by molar-refractivity contribution is 0.547. The van der Waals surface area contributed by atoms with E-state index in [0.29, 0.717) is 5.69 Å². The number of aromatic nitrogens is 3. The molecule has 0 radical (unpaired) electrons. The van der Waals surface area contributed by atoms with Crippen molar-refractivity contribution in [3.8, 4) is 0 Å². The van der Waals surface area contributed by atoms with Crippen LogP contribution in [0.2, 0.25) is 0 Å². The number of nitrogens with zero attached hydrogens (tertiary/aromatic N) is 3. The van der Waals surface area contributed by atoms with Crippen LogP contribution in [0.15, 0.2) is 34.2 Å². The van der Waals surface area contributed by atoms with E-state index in [4.69, 9.17) is 0 Å². The van der Waals surface area contributed by atoms with E-state index < -0.39 is 0 Å². The van der Waals surface area contributed by atoms with Crippen molar-refractivity contribution in [2.24, 2.45) is 5.10 Å². The lowest BCUT2D eigenvalue weighted by Crippen LogP contribution is -2.28. The molecule has 1 aromatic heterocycles. The quantitative estimate of drug-likeness (QED) is 0.660. The van der Waals surface area contributed by atoms with Gasteiger partial charge in [-0.2, -0.15) is 5.10 Å². The standard InChI is InChI=1S/C19H27N5O/c1-12(13-8-10-14(11-9-13)18(2,3)4)21-23-17-20-16(25)15(22-24-17)19(5,6)7/h8-11H,1-7H3,(H2,20,23,24,25). The molecule has 6 nitrogen and oxygen atoms in total. The van der Waals surface area contributed by atoms with E-state index in [1.807, 2.05) is 39.8 Å². The number of benzene rings is 1. The first-order valence-electron chi connectivity index (χ1n) is 8.37. The number of aromatic amines is 1. The Labute approximate surface area is 148 Å². The van der Waals surface area contributed by atoms with Gasteiger partial charge in [-0.15, -0.1) is 10.2 Å². The molecule has 0 saturated carbocycles. The van der Waals surface area contributed by atoms with E-state index in [1.165, 1.54) is 5.56 Å². The summed E-state index contributed by atoms with van der Waals surface area (Å²) in [5.41, 5.74) is 5.74. The predicted molar refractivity (Wildman–Crippen MR) is 102 cm³/mol. The van der Waals surface area contributed by atoms with Crippen LogP contribution >= 0.6 is 0 Å². The maximum atomic E-state index is 12.1. The van der Waals surface area contributed by atoms with E-state index in [1.54, 1.807) is 0 Å².